The highest BCUT2D eigenvalue weighted by molar-refractivity contribution is 14.0. The molecule has 1 heterocycles. The van der Waals surface area contributed by atoms with Crippen LogP contribution in [-0.4, -0.2) is 81.3 Å². The minimum Gasteiger partial charge on any atom is -0.379 e. The van der Waals surface area contributed by atoms with Crippen LogP contribution in [0.4, 0.5) is 0 Å². The molecule has 2 atom stereocenters. The van der Waals surface area contributed by atoms with E-state index in [1.807, 2.05) is 19.2 Å². The Balaban J connectivity index is 0.00000480. The third kappa shape index (κ3) is 10.2. The molecule has 6 nitrogen and oxygen atoms in total. The Bertz CT molecular complexity index is 638. The van der Waals surface area contributed by atoms with Crippen molar-refractivity contribution in [3.05, 3.63) is 34.9 Å². The summed E-state index contributed by atoms with van der Waals surface area (Å²) in [6.45, 7) is 14.2. The van der Waals surface area contributed by atoms with Crippen LogP contribution in [0.5, 0.6) is 0 Å². The summed E-state index contributed by atoms with van der Waals surface area (Å²) in [4.78, 5) is 9.38. The zero-order valence-corrected chi connectivity index (χ0v) is 22.7. The molecule has 2 unspecified atom stereocenters. The van der Waals surface area contributed by atoms with Gasteiger partial charge in [0, 0.05) is 37.7 Å². The smallest absolute Gasteiger partial charge is 0.191 e. The van der Waals surface area contributed by atoms with Gasteiger partial charge in [-0.25, -0.2) is 0 Å². The summed E-state index contributed by atoms with van der Waals surface area (Å²) < 4.78 is 5.55. The van der Waals surface area contributed by atoms with Crippen molar-refractivity contribution < 1.29 is 4.74 Å². The molecule has 0 amide bonds. The van der Waals surface area contributed by atoms with Crippen molar-refractivity contribution in [1.29, 1.82) is 0 Å². The number of hydrogen-bond donors (Lipinski definition) is 2. The van der Waals surface area contributed by atoms with Gasteiger partial charge >= 0.3 is 0 Å². The van der Waals surface area contributed by atoms with E-state index in [-0.39, 0.29) is 30.0 Å². The molecule has 0 spiro atoms. The van der Waals surface area contributed by atoms with Gasteiger partial charge in [0.25, 0.3) is 0 Å². The minimum atomic E-state index is 0. The molecular formula is C23H41ClIN5O. The summed E-state index contributed by atoms with van der Waals surface area (Å²) in [7, 11) is 1.83. The molecule has 0 bridgehead atoms. The first-order valence-electron chi connectivity index (χ1n) is 11.3. The molecule has 0 aromatic heterocycles. The maximum absolute atomic E-state index is 6.28. The van der Waals surface area contributed by atoms with Crippen LogP contribution in [0.2, 0.25) is 5.02 Å². The first-order valence-corrected chi connectivity index (χ1v) is 11.7. The molecule has 1 saturated heterocycles. The lowest BCUT2D eigenvalue weighted by atomic mass is 10.0. The van der Waals surface area contributed by atoms with E-state index in [4.69, 9.17) is 16.3 Å². The first kappa shape index (κ1) is 28.4. The molecule has 1 aromatic rings. The van der Waals surface area contributed by atoms with Crippen LogP contribution in [0.25, 0.3) is 0 Å². The van der Waals surface area contributed by atoms with Crippen molar-refractivity contribution in [3.63, 3.8) is 0 Å². The number of guanidine groups is 1. The lowest BCUT2D eigenvalue weighted by Gasteiger charge is -2.35. The third-order valence-electron chi connectivity index (χ3n) is 5.80. The highest BCUT2D eigenvalue weighted by Gasteiger charge is 2.23. The molecule has 0 aliphatic carbocycles. The molecule has 8 heteroatoms. The van der Waals surface area contributed by atoms with E-state index in [2.05, 4.69) is 58.3 Å². The van der Waals surface area contributed by atoms with Gasteiger partial charge < -0.3 is 20.3 Å². The molecule has 0 saturated carbocycles. The lowest BCUT2D eigenvalue weighted by molar-refractivity contribution is 0.0170. The molecule has 1 fully saturated rings. The maximum atomic E-state index is 6.28. The zero-order chi connectivity index (χ0) is 21.8. The predicted molar refractivity (Wildman–Crippen MR) is 143 cm³/mol. The zero-order valence-electron chi connectivity index (χ0n) is 19.6. The van der Waals surface area contributed by atoms with Crippen LogP contribution in [0.1, 0.15) is 45.2 Å². The van der Waals surface area contributed by atoms with Gasteiger partial charge in [0.1, 0.15) is 0 Å². The van der Waals surface area contributed by atoms with Gasteiger partial charge in [-0.2, -0.15) is 0 Å². The number of morpholine rings is 1. The number of rotatable bonds is 11. The van der Waals surface area contributed by atoms with Crippen LogP contribution in [0.15, 0.2) is 29.3 Å². The summed E-state index contributed by atoms with van der Waals surface area (Å²) >= 11 is 6.28. The highest BCUT2D eigenvalue weighted by atomic mass is 127. The van der Waals surface area contributed by atoms with Gasteiger partial charge in [-0.05, 0) is 57.1 Å². The van der Waals surface area contributed by atoms with Gasteiger partial charge in [-0.3, -0.25) is 9.89 Å². The molecule has 1 aliphatic heterocycles. The van der Waals surface area contributed by atoms with E-state index in [1.165, 1.54) is 12.0 Å². The number of hydrogen-bond acceptors (Lipinski definition) is 4. The fourth-order valence-electron chi connectivity index (χ4n) is 3.92. The van der Waals surface area contributed by atoms with Crippen molar-refractivity contribution in [2.75, 3.05) is 59.5 Å². The number of halogens is 2. The van der Waals surface area contributed by atoms with Gasteiger partial charge in [0.2, 0.25) is 0 Å². The van der Waals surface area contributed by atoms with Crippen molar-refractivity contribution in [2.45, 2.75) is 45.7 Å². The Morgan fingerprint density at radius 3 is 2.58 bits per heavy atom. The Labute approximate surface area is 211 Å². The Kier molecular flexibility index (Phi) is 14.7. The minimum absolute atomic E-state index is 0. The van der Waals surface area contributed by atoms with E-state index in [0.29, 0.717) is 6.04 Å². The van der Waals surface area contributed by atoms with Crippen LogP contribution in [-0.2, 0) is 4.74 Å². The van der Waals surface area contributed by atoms with Crippen LogP contribution in [0, 0.1) is 0 Å². The summed E-state index contributed by atoms with van der Waals surface area (Å²) in [6.07, 6.45) is 2.31. The highest BCUT2D eigenvalue weighted by Crippen LogP contribution is 2.24. The third-order valence-corrected chi connectivity index (χ3v) is 6.03. The number of benzene rings is 1. The standard InChI is InChI=1S/C23H40ClN5O.HI/c1-5-28(6-2)12-8-9-19(3)27-23(25-4)26-18-22(29-13-15-30-16-14-29)20-10-7-11-21(24)17-20;/h7,10-11,17,19,22H,5-6,8-9,12-16,18H2,1-4H3,(H2,25,26,27);1H. The second kappa shape index (κ2) is 16.1. The van der Waals surface area contributed by atoms with E-state index in [0.717, 1.165) is 69.9 Å². The first-order chi connectivity index (χ1) is 14.6. The largest absolute Gasteiger partial charge is 0.379 e. The van der Waals surface area contributed by atoms with Gasteiger partial charge in [0.15, 0.2) is 5.96 Å². The average Bonchev–Trinajstić information content (AvgIpc) is 2.77. The molecule has 1 aliphatic rings. The number of nitrogens with one attached hydrogen (secondary N) is 2. The molecule has 1 aromatic carbocycles. The van der Waals surface area contributed by atoms with E-state index >= 15 is 0 Å². The van der Waals surface area contributed by atoms with Crippen molar-refractivity contribution in [2.24, 2.45) is 4.99 Å². The summed E-state index contributed by atoms with van der Waals surface area (Å²) in [5.41, 5.74) is 1.22. The van der Waals surface area contributed by atoms with Gasteiger partial charge in [-0.15, -0.1) is 24.0 Å². The van der Waals surface area contributed by atoms with Crippen LogP contribution >= 0.6 is 35.6 Å². The molecule has 178 valence electrons. The number of ether oxygens (including phenoxy) is 1. The SMILES string of the molecule is CCN(CC)CCCC(C)NC(=NC)NCC(c1cccc(Cl)c1)N1CCOCC1.I. The fraction of sp³-hybridized carbons (Fsp3) is 0.696. The normalized spacial score (nSPS) is 17.2. The average molecular weight is 566 g/mol. The fourth-order valence-corrected chi connectivity index (χ4v) is 4.11. The molecule has 2 N–H and O–H groups in total. The van der Waals surface area contributed by atoms with Crippen LogP contribution < -0.4 is 10.6 Å². The number of aliphatic imine (C=N–C) groups is 1. The Hall–Kier alpha value is -0.610. The summed E-state index contributed by atoms with van der Waals surface area (Å²) in [5.74, 6) is 0.852. The molecule has 2 rings (SSSR count). The van der Waals surface area contributed by atoms with E-state index < -0.39 is 0 Å². The van der Waals surface area contributed by atoms with E-state index in [1.54, 1.807) is 0 Å². The molecule has 0 radical (unpaired) electrons. The van der Waals surface area contributed by atoms with Crippen molar-refractivity contribution in [1.82, 2.24) is 20.4 Å². The Morgan fingerprint density at radius 1 is 1.26 bits per heavy atom. The predicted octanol–water partition coefficient (Wildman–Crippen LogP) is 4.01. The molecular weight excluding hydrogens is 525 g/mol. The quantitative estimate of drug-likeness (QED) is 0.241. The summed E-state index contributed by atoms with van der Waals surface area (Å²) in [5, 5.41) is 7.86. The maximum Gasteiger partial charge on any atom is 0.191 e. The van der Waals surface area contributed by atoms with Crippen molar-refractivity contribution in [3.8, 4) is 0 Å². The van der Waals surface area contributed by atoms with E-state index in [9.17, 15) is 0 Å². The topological polar surface area (TPSA) is 52.1 Å². The lowest BCUT2D eigenvalue weighted by Crippen LogP contribution is -2.48. The van der Waals surface area contributed by atoms with Crippen LogP contribution in [0.3, 0.4) is 0 Å². The molecule has 31 heavy (non-hydrogen) atoms. The second-order valence-corrected chi connectivity index (χ2v) is 8.32. The number of nitrogens with zero attached hydrogens (tertiary/aromatic N) is 3. The second-order valence-electron chi connectivity index (χ2n) is 7.89. The van der Waals surface area contributed by atoms with Gasteiger partial charge in [-0.1, -0.05) is 37.6 Å². The summed E-state index contributed by atoms with van der Waals surface area (Å²) in [6, 6.07) is 8.77. The van der Waals surface area contributed by atoms with Gasteiger partial charge in [0.05, 0.1) is 19.3 Å². The van der Waals surface area contributed by atoms with Crippen molar-refractivity contribution >= 4 is 41.5 Å². The monoisotopic (exact) mass is 565 g/mol. The Morgan fingerprint density at radius 2 is 1.97 bits per heavy atom.